The Morgan fingerprint density at radius 2 is 1.33 bits per heavy atom. The lowest BCUT2D eigenvalue weighted by atomic mass is 9.74. The van der Waals surface area contributed by atoms with Crippen molar-refractivity contribution in [2.75, 3.05) is 0 Å². The van der Waals surface area contributed by atoms with Gasteiger partial charge in [-0.15, -0.1) is 0 Å². The molecule has 1 atom stereocenters. The highest BCUT2D eigenvalue weighted by Gasteiger charge is 2.38. The lowest BCUT2D eigenvalue weighted by molar-refractivity contribution is 0.0609. The summed E-state index contributed by atoms with van der Waals surface area (Å²) >= 11 is 0. The highest BCUT2D eigenvalue weighted by Crippen LogP contribution is 2.34. The van der Waals surface area contributed by atoms with Gasteiger partial charge < -0.3 is 9.84 Å². The van der Waals surface area contributed by atoms with Gasteiger partial charge in [0.15, 0.2) is 0 Å². The van der Waals surface area contributed by atoms with Crippen LogP contribution in [0.4, 0.5) is 4.79 Å². The Balaban J connectivity index is 1.77. The van der Waals surface area contributed by atoms with Crippen molar-refractivity contribution in [1.29, 1.82) is 0 Å². The topological polar surface area (TPSA) is 58.6 Å². The van der Waals surface area contributed by atoms with Gasteiger partial charge in [-0.3, -0.25) is 5.32 Å². The second-order valence-corrected chi connectivity index (χ2v) is 6.54. The van der Waals surface area contributed by atoms with E-state index in [4.69, 9.17) is 4.74 Å². The molecule has 0 radical (unpaired) electrons. The fraction of sp³-hybridized carbons (Fsp3) is 0.174. The number of aliphatic hydroxyl groups is 1. The third kappa shape index (κ3) is 4.36. The largest absolute Gasteiger partial charge is 0.445 e. The summed E-state index contributed by atoms with van der Waals surface area (Å²) in [5.41, 5.74) is 1.85. The zero-order chi connectivity index (χ0) is 19.1. The quantitative estimate of drug-likeness (QED) is 0.646. The Kier molecular flexibility index (Phi) is 5.89. The minimum absolute atomic E-state index is 0.146. The molecular weight excluding hydrogens is 338 g/mol. The second kappa shape index (κ2) is 8.52. The van der Waals surface area contributed by atoms with Crippen molar-refractivity contribution < 1.29 is 14.6 Å². The first kappa shape index (κ1) is 18.7. The number of alkyl carbamates (subject to hydrolysis) is 1. The average Bonchev–Trinajstić information content (AvgIpc) is 2.73. The number of rotatable bonds is 6. The second-order valence-electron chi connectivity index (χ2n) is 6.54. The molecule has 1 unspecified atom stereocenters. The van der Waals surface area contributed by atoms with Gasteiger partial charge in [-0.1, -0.05) is 91.0 Å². The van der Waals surface area contributed by atoms with Crippen molar-refractivity contribution in [3.8, 4) is 0 Å². The van der Waals surface area contributed by atoms with Gasteiger partial charge in [0.2, 0.25) is 0 Å². The number of nitrogens with one attached hydrogen (secondary N) is 1. The lowest BCUT2D eigenvalue weighted by Crippen LogP contribution is -2.49. The van der Waals surface area contributed by atoms with Gasteiger partial charge in [-0.05, 0) is 23.6 Å². The van der Waals surface area contributed by atoms with Crippen LogP contribution < -0.4 is 5.32 Å². The highest BCUT2D eigenvalue weighted by atomic mass is 16.6. The number of amides is 1. The zero-order valence-corrected chi connectivity index (χ0v) is 15.2. The maximum absolute atomic E-state index is 12.2. The van der Waals surface area contributed by atoms with Gasteiger partial charge in [0.1, 0.15) is 12.8 Å². The fourth-order valence-electron chi connectivity index (χ4n) is 3.07. The molecule has 3 aromatic carbocycles. The summed E-state index contributed by atoms with van der Waals surface area (Å²) in [5, 5.41) is 13.5. The van der Waals surface area contributed by atoms with E-state index in [1.165, 1.54) is 0 Å². The first-order valence-corrected chi connectivity index (χ1v) is 8.87. The summed E-state index contributed by atoms with van der Waals surface area (Å²) in [6.45, 7) is 2.05. The van der Waals surface area contributed by atoms with Gasteiger partial charge in [-0.25, -0.2) is 4.79 Å². The third-order valence-electron chi connectivity index (χ3n) is 4.76. The van der Waals surface area contributed by atoms with E-state index in [0.29, 0.717) is 0 Å². The number of carbonyl (C=O) groups excluding carboxylic acids is 1. The van der Waals surface area contributed by atoms with Crippen molar-refractivity contribution in [2.24, 2.45) is 0 Å². The number of aliphatic hydroxyl groups excluding tert-OH is 1. The smallest absolute Gasteiger partial charge is 0.409 e. The predicted molar refractivity (Wildman–Crippen MR) is 105 cm³/mol. The minimum atomic E-state index is -1.16. The molecule has 0 aromatic heterocycles. The summed E-state index contributed by atoms with van der Waals surface area (Å²) in [4.78, 5) is 12.2. The fourth-order valence-corrected chi connectivity index (χ4v) is 3.07. The summed E-state index contributed by atoms with van der Waals surface area (Å²) in [6.07, 6.45) is -1.82. The summed E-state index contributed by atoms with van der Waals surface area (Å²) in [6, 6.07) is 28.7. The van der Waals surface area contributed by atoms with Gasteiger partial charge >= 0.3 is 6.09 Å². The van der Waals surface area contributed by atoms with E-state index in [9.17, 15) is 9.90 Å². The molecule has 3 rings (SSSR count). The standard InChI is InChI=1S/C23H23NO3/c1-23(19-13-7-3-8-14-19,20-15-9-4-10-16-20)21(25)24-22(26)27-17-18-11-5-2-6-12-18/h2-16,21,25H,17H2,1H3,(H,24,26). The Morgan fingerprint density at radius 1 is 0.889 bits per heavy atom. The highest BCUT2D eigenvalue weighted by molar-refractivity contribution is 5.68. The van der Waals surface area contributed by atoms with Crippen LogP contribution in [0.2, 0.25) is 0 Å². The Hall–Kier alpha value is -3.11. The van der Waals surface area contributed by atoms with E-state index in [-0.39, 0.29) is 6.61 Å². The summed E-state index contributed by atoms with van der Waals surface area (Å²) in [7, 11) is 0. The molecule has 0 aliphatic rings. The SMILES string of the molecule is CC(c1ccccc1)(c1ccccc1)C(O)NC(=O)OCc1ccccc1. The van der Waals surface area contributed by atoms with E-state index >= 15 is 0 Å². The molecule has 0 saturated heterocycles. The maximum Gasteiger partial charge on any atom is 0.409 e. The average molecular weight is 361 g/mol. The number of hydrogen-bond acceptors (Lipinski definition) is 3. The number of carbonyl (C=O) groups is 1. The molecule has 0 spiro atoms. The van der Waals surface area contributed by atoms with Gasteiger partial charge in [-0.2, -0.15) is 0 Å². The molecular formula is C23H23NO3. The number of hydrogen-bond donors (Lipinski definition) is 2. The third-order valence-corrected chi connectivity index (χ3v) is 4.76. The predicted octanol–water partition coefficient (Wildman–Crippen LogP) is 4.24. The number of ether oxygens (including phenoxy) is 1. The maximum atomic E-state index is 12.2. The Labute approximate surface area is 159 Å². The van der Waals surface area contributed by atoms with Crippen molar-refractivity contribution in [1.82, 2.24) is 5.32 Å². The first-order chi connectivity index (χ1) is 13.1. The summed E-state index contributed by atoms with van der Waals surface area (Å²) in [5.74, 6) is 0. The normalized spacial score (nSPS) is 12.2. The molecule has 2 N–H and O–H groups in total. The minimum Gasteiger partial charge on any atom is -0.445 e. The number of benzene rings is 3. The molecule has 4 nitrogen and oxygen atoms in total. The van der Waals surface area contributed by atoms with Crippen LogP contribution in [0.3, 0.4) is 0 Å². The van der Waals surface area contributed by atoms with Crippen LogP contribution in [0, 0.1) is 0 Å². The molecule has 4 heteroatoms. The van der Waals surface area contributed by atoms with Crippen LogP contribution in [-0.4, -0.2) is 17.4 Å². The van der Waals surface area contributed by atoms with Crippen molar-refractivity contribution in [2.45, 2.75) is 25.2 Å². The lowest BCUT2D eigenvalue weighted by Gasteiger charge is -2.35. The van der Waals surface area contributed by atoms with E-state index in [2.05, 4.69) is 5.32 Å². The van der Waals surface area contributed by atoms with E-state index in [1.807, 2.05) is 97.9 Å². The molecule has 1 amide bonds. The molecule has 0 heterocycles. The Morgan fingerprint density at radius 3 is 1.81 bits per heavy atom. The summed E-state index contributed by atoms with van der Waals surface area (Å²) < 4.78 is 5.26. The van der Waals surface area contributed by atoms with Crippen LogP contribution in [0.1, 0.15) is 23.6 Å². The molecule has 3 aromatic rings. The van der Waals surface area contributed by atoms with Crippen molar-refractivity contribution in [3.05, 3.63) is 108 Å². The molecule has 27 heavy (non-hydrogen) atoms. The van der Waals surface area contributed by atoms with E-state index in [1.54, 1.807) is 0 Å². The molecule has 0 fully saturated rings. The van der Waals surface area contributed by atoms with E-state index < -0.39 is 17.7 Å². The van der Waals surface area contributed by atoms with Crippen LogP contribution in [0.25, 0.3) is 0 Å². The van der Waals surface area contributed by atoms with Crippen LogP contribution in [0.15, 0.2) is 91.0 Å². The van der Waals surface area contributed by atoms with Crippen LogP contribution >= 0.6 is 0 Å². The van der Waals surface area contributed by atoms with Gasteiger partial charge in [0.05, 0.1) is 5.41 Å². The zero-order valence-electron chi connectivity index (χ0n) is 15.2. The molecule has 0 aliphatic carbocycles. The monoisotopic (exact) mass is 361 g/mol. The van der Waals surface area contributed by atoms with Gasteiger partial charge in [0, 0.05) is 0 Å². The molecule has 0 bridgehead atoms. The van der Waals surface area contributed by atoms with Crippen LogP contribution in [0.5, 0.6) is 0 Å². The van der Waals surface area contributed by atoms with E-state index in [0.717, 1.165) is 16.7 Å². The Bertz CT molecular complexity index is 811. The van der Waals surface area contributed by atoms with Crippen molar-refractivity contribution >= 4 is 6.09 Å². The van der Waals surface area contributed by atoms with Crippen LogP contribution in [-0.2, 0) is 16.8 Å². The first-order valence-electron chi connectivity index (χ1n) is 8.87. The van der Waals surface area contributed by atoms with Gasteiger partial charge in [0.25, 0.3) is 0 Å². The molecule has 0 aliphatic heterocycles. The molecule has 138 valence electrons. The molecule has 0 saturated carbocycles. The van der Waals surface area contributed by atoms with Crippen molar-refractivity contribution in [3.63, 3.8) is 0 Å².